The summed E-state index contributed by atoms with van der Waals surface area (Å²) < 4.78 is 12.8. The summed E-state index contributed by atoms with van der Waals surface area (Å²) in [6.07, 6.45) is 3.59. The van der Waals surface area contributed by atoms with Crippen molar-refractivity contribution in [3.05, 3.63) is 48.3 Å². The predicted molar refractivity (Wildman–Crippen MR) is 70.4 cm³/mol. The Hall–Kier alpha value is -1.19. The van der Waals surface area contributed by atoms with Crippen molar-refractivity contribution in [2.24, 2.45) is 5.73 Å². The molecule has 3 heteroatoms. The van der Waals surface area contributed by atoms with Gasteiger partial charge in [-0.05, 0) is 44.0 Å². The molecule has 0 saturated heterocycles. The van der Waals surface area contributed by atoms with E-state index in [1.54, 1.807) is 12.1 Å². The van der Waals surface area contributed by atoms with Crippen LogP contribution in [-0.4, -0.2) is 18.6 Å². The topological polar surface area (TPSA) is 38.0 Å². The highest BCUT2D eigenvalue weighted by Crippen LogP contribution is 2.13. The zero-order chi connectivity index (χ0) is 12.7. The summed E-state index contributed by atoms with van der Waals surface area (Å²) in [5.41, 5.74) is 6.74. The smallest absolute Gasteiger partial charge is 0.123 e. The summed E-state index contributed by atoms with van der Waals surface area (Å²) >= 11 is 0. The predicted octanol–water partition coefficient (Wildman–Crippen LogP) is 2.25. The van der Waals surface area contributed by atoms with Crippen LogP contribution in [-0.2, 0) is 6.42 Å². The normalized spacial score (nSPS) is 14.3. The van der Waals surface area contributed by atoms with E-state index in [1.807, 2.05) is 6.08 Å². The van der Waals surface area contributed by atoms with E-state index in [0.29, 0.717) is 6.54 Å². The molecule has 0 amide bonds. The first-order valence-electron chi connectivity index (χ1n) is 5.90. The van der Waals surface area contributed by atoms with Gasteiger partial charge in [-0.15, -0.1) is 6.58 Å². The average Bonchev–Trinajstić information content (AvgIpc) is 2.33. The zero-order valence-corrected chi connectivity index (χ0v) is 10.4. The highest BCUT2D eigenvalue weighted by molar-refractivity contribution is 5.19. The van der Waals surface area contributed by atoms with Gasteiger partial charge in [0.25, 0.3) is 0 Å². The van der Waals surface area contributed by atoms with Crippen molar-refractivity contribution in [2.75, 3.05) is 13.1 Å². The monoisotopic (exact) mass is 236 g/mol. The maximum absolute atomic E-state index is 12.8. The molecule has 0 bridgehead atoms. The molecule has 1 unspecified atom stereocenters. The van der Waals surface area contributed by atoms with Gasteiger partial charge in [0.05, 0.1) is 0 Å². The van der Waals surface area contributed by atoms with Crippen molar-refractivity contribution in [1.29, 1.82) is 0 Å². The molecule has 17 heavy (non-hydrogen) atoms. The second-order valence-electron chi connectivity index (χ2n) is 4.57. The van der Waals surface area contributed by atoms with Gasteiger partial charge in [-0.2, -0.15) is 0 Å². The van der Waals surface area contributed by atoms with Crippen molar-refractivity contribution in [3.63, 3.8) is 0 Å². The summed E-state index contributed by atoms with van der Waals surface area (Å²) in [4.78, 5) is 0. The van der Waals surface area contributed by atoms with Gasteiger partial charge in [0.1, 0.15) is 5.82 Å². The van der Waals surface area contributed by atoms with E-state index in [1.165, 1.54) is 12.1 Å². The van der Waals surface area contributed by atoms with Crippen molar-refractivity contribution >= 4 is 0 Å². The second kappa shape index (κ2) is 6.52. The minimum absolute atomic E-state index is 0.152. The van der Waals surface area contributed by atoms with E-state index in [4.69, 9.17) is 5.73 Å². The van der Waals surface area contributed by atoms with Crippen LogP contribution in [0.4, 0.5) is 4.39 Å². The van der Waals surface area contributed by atoms with Crippen LogP contribution >= 0.6 is 0 Å². The molecule has 1 aromatic carbocycles. The zero-order valence-electron chi connectivity index (χ0n) is 10.4. The van der Waals surface area contributed by atoms with E-state index < -0.39 is 0 Å². The van der Waals surface area contributed by atoms with Crippen molar-refractivity contribution in [1.82, 2.24) is 5.32 Å². The Kier molecular flexibility index (Phi) is 5.32. The molecule has 0 heterocycles. The fraction of sp³-hybridized carbons (Fsp3) is 0.429. The molecule has 0 radical (unpaired) electrons. The minimum Gasteiger partial charge on any atom is -0.329 e. The number of benzene rings is 1. The molecule has 2 nitrogen and oxygen atoms in total. The number of nitrogens with two attached hydrogens (primary N) is 1. The van der Waals surface area contributed by atoms with Crippen LogP contribution in [0, 0.1) is 5.82 Å². The first kappa shape index (κ1) is 13.9. The summed E-state index contributed by atoms with van der Waals surface area (Å²) in [7, 11) is 0. The standard InChI is InChI=1S/C14H21FN2/c1-3-4-9-17-14(2,11-16)10-12-5-7-13(15)8-6-12/h3,5-8,17H,1,4,9-11,16H2,2H3. The lowest BCUT2D eigenvalue weighted by atomic mass is 9.92. The van der Waals surface area contributed by atoms with Gasteiger partial charge in [0.2, 0.25) is 0 Å². The Balaban J connectivity index is 2.60. The van der Waals surface area contributed by atoms with Gasteiger partial charge in [0.15, 0.2) is 0 Å². The van der Waals surface area contributed by atoms with E-state index in [-0.39, 0.29) is 11.4 Å². The lowest BCUT2D eigenvalue weighted by Crippen LogP contribution is -2.50. The molecule has 0 spiro atoms. The van der Waals surface area contributed by atoms with Crippen molar-refractivity contribution in [2.45, 2.75) is 25.3 Å². The maximum atomic E-state index is 12.8. The molecular formula is C14H21FN2. The van der Waals surface area contributed by atoms with E-state index in [9.17, 15) is 4.39 Å². The van der Waals surface area contributed by atoms with Gasteiger partial charge in [-0.3, -0.25) is 0 Å². The number of halogens is 1. The van der Waals surface area contributed by atoms with E-state index in [2.05, 4.69) is 18.8 Å². The lowest BCUT2D eigenvalue weighted by Gasteiger charge is -2.29. The van der Waals surface area contributed by atoms with E-state index >= 15 is 0 Å². The van der Waals surface area contributed by atoms with E-state index in [0.717, 1.165) is 24.9 Å². The Morgan fingerprint density at radius 1 is 1.41 bits per heavy atom. The van der Waals surface area contributed by atoms with Gasteiger partial charge < -0.3 is 11.1 Å². The molecule has 0 aliphatic carbocycles. The fourth-order valence-electron chi connectivity index (χ4n) is 1.74. The molecule has 94 valence electrons. The van der Waals surface area contributed by atoms with Crippen LogP contribution in [0.1, 0.15) is 18.9 Å². The fourth-order valence-corrected chi connectivity index (χ4v) is 1.74. The molecule has 1 atom stereocenters. The Morgan fingerprint density at radius 2 is 2.06 bits per heavy atom. The van der Waals surface area contributed by atoms with Gasteiger partial charge in [0, 0.05) is 12.1 Å². The highest BCUT2D eigenvalue weighted by Gasteiger charge is 2.21. The van der Waals surface area contributed by atoms with Crippen LogP contribution in [0.3, 0.4) is 0 Å². The summed E-state index contributed by atoms with van der Waals surface area (Å²) in [6.45, 7) is 7.17. The van der Waals surface area contributed by atoms with Crippen molar-refractivity contribution in [3.8, 4) is 0 Å². The molecular weight excluding hydrogens is 215 g/mol. The largest absolute Gasteiger partial charge is 0.329 e. The van der Waals surface area contributed by atoms with Crippen LogP contribution in [0.25, 0.3) is 0 Å². The first-order chi connectivity index (χ1) is 8.09. The molecule has 0 fully saturated rings. The second-order valence-corrected chi connectivity index (χ2v) is 4.57. The van der Waals surface area contributed by atoms with Crippen LogP contribution in [0.2, 0.25) is 0 Å². The summed E-state index contributed by atoms with van der Waals surface area (Å²) in [6, 6.07) is 6.57. The Labute approximate surface area is 103 Å². The van der Waals surface area contributed by atoms with Gasteiger partial charge in [-0.1, -0.05) is 18.2 Å². The average molecular weight is 236 g/mol. The van der Waals surface area contributed by atoms with Gasteiger partial charge in [-0.25, -0.2) is 4.39 Å². The molecule has 0 aliphatic rings. The SMILES string of the molecule is C=CCCNC(C)(CN)Cc1ccc(F)cc1. The molecule has 1 rings (SSSR count). The number of hydrogen-bond donors (Lipinski definition) is 2. The summed E-state index contributed by atoms with van der Waals surface area (Å²) in [5, 5.41) is 3.42. The first-order valence-corrected chi connectivity index (χ1v) is 5.90. The molecule has 3 N–H and O–H groups in total. The number of hydrogen-bond acceptors (Lipinski definition) is 2. The third kappa shape index (κ3) is 4.67. The Bertz CT molecular complexity index is 348. The van der Waals surface area contributed by atoms with Crippen LogP contribution in [0.15, 0.2) is 36.9 Å². The lowest BCUT2D eigenvalue weighted by molar-refractivity contribution is 0.365. The molecule has 0 saturated carbocycles. The minimum atomic E-state index is -0.206. The number of nitrogens with one attached hydrogen (secondary N) is 1. The number of rotatable bonds is 7. The summed E-state index contributed by atoms with van der Waals surface area (Å²) in [5.74, 6) is -0.206. The van der Waals surface area contributed by atoms with Crippen molar-refractivity contribution < 1.29 is 4.39 Å². The van der Waals surface area contributed by atoms with Crippen LogP contribution < -0.4 is 11.1 Å². The highest BCUT2D eigenvalue weighted by atomic mass is 19.1. The quantitative estimate of drug-likeness (QED) is 0.563. The maximum Gasteiger partial charge on any atom is 0.123 e. The van der Waals surface area contributed by atoms with Gasteiger partial charge >= 0.3 is 0 Å². The van der Waals surface area contributed by atoms with Crippen LogP contribution in [0.5, 0.6) is 0 Å². The molecule has 0 aliphatic heterocycles. The molecule has 1 aromatic rings. The third-order valence-electron chi connectivity index (χ3n) is 2.86. The third-order valence-corrected chi connectivity index (χ3v) is 2.86. The Morgan fingerprint density at radius 3 is 2.59 bits per heavy atom. The molecule has 0 aromatic heterocycles.